The molecule has 0 bridgehead atoms. The highest BCUT2D eigenvalue weighted by Crippen LogP contribution is 2.29. The summed E-state index contributed by atoms with van der Waals surface area (Å²) in [7, 11) is 3.37. The molecule has 1 aromatic rings. The van der Waals surface area contributed by atoms with Gasteiger partial charge in [0.25, 0.3) is 0 Å². The van der Waals surface area contributed by atoms with Crippen molar-refractivity contribution in [2.24, 2.45) is 0 Å². The topological polar surface area (TPSA) is 30.5 Å². The van der Waals surface area contributed by atoms with Crippen molar-refractivity contribution in [1.82, 2.24) is 5.32 Å². The minimum Gasteiger partial charge on any atom is -0.496 e. The van der Waals surface area contributed by atoms with Crippen LogP contribution in [0, 0.1) is 6.92 Å². The summed E-state index contributed by atoms with van der Waals surface area (Å²) < 4.78 is 10.7. The molecule has 17 heavy (non-hydrogen) atoms. The first-order chi connectivity index (χ1) is 7.87. The lowest BCUT2D eigenvalue weighted by Gasteiger charge is -2.21. The molecule has 0 aliphatic heterocycles. The third kappa shape index (κ3) is 3.93. The second kappa shape index (κ2) is 5.41. The van der Waals surface area contributed by atoms with Crippen LogP contribution in [0.5, 0.6) is 11.5 Å². The van der Waals surface area contributed by atoms with Crippen molar-refractivity contribution in [2.45, 2.75) is 39.8 Å². The minimum absolute atomic E-state index is 0.103. The Labute approximate surface area is 104 Å². The minimum atomic E-state index is 0.103. The summed E-state index contributed by atoms with van der Waals surface area (Å²) in [6, 6.07) is 4.10. The first-order valence-corrected chi connectivity index (χ1v) is 5.84. The lowest BCUT2D eigenvalue weighted by atomic mass is 10.1. The van der Waals surface area contributed by atoms with Crippen molar-refractivity contribution >= 4 is 0 Å². The Kier molecular flexibility index (Phi) is 4.40. The molecule has 0 aromatic heterocycles. The Morgan fingerprint density at radius 1 is 1.06 bits per heavy atom. The van der Waals surface area contributed by atoms with Gasteiger partial charge in [-0.3, -0.25) is 0 Å². The Morgan fingerprint density at radius 3 is 1.88 bits per heavy atom. The molecular formula is C14H23NO2. The lowest BCUT2D eigenvalue weighted by molar-refractivity contribution is 0.384. The molecule has 96 valence electrons. The van der Waals surface area contributed by atoms with Crippen LogP contribution < -0.4 is 14.8 Å². The van der Waals surface area contributed by atoms with E-state index in [-0.39, 0.29) is 5.54 Å². The van der Waals surface area contributed by atoms with Crippen molar-refractivity contribution in [3.05, 3.63) is 23.3 Å². The lowest BCUT2D eigenvalue weighted by Crippen LogP contribution is -2.35. The second-order valence-corrected chi connectivity index (χ2v) is 5.23. The number of methoxy groups -OCH3 is 2. The summed E-state index contributed by atoms with van der Waals surface area (Å²) in [5.74, 6) is 1.74. The zero-order chi connectivity index (χ0) is 13.1. The summed E-state index contributed by atoms with van der Waals surface area (Å²) in [5, 5.41) is 3.45. The molecule has 0 heterocycles. The standard InChI is InChI=1S/C14H23NO2/c1-10-12(16-5)7-11(8-13(10)17-6)9-15-14(2,3)4/h7-8,15H,9H2,1-6H3. The quantitative estimate of drug-likeness (QED) is 0.873. The number of ether oxygens (including phenoxy) is 2. The van der Waals surface area contributed by atoms with Gasteiger partial charge in [0.15, 0.2) is 0 Å². The van der Waals surface area contributed by atoms with Gasteiger partial charge in [0, 0.05) is 17.6 Å². The summed E-state index contributed by atoms with van der Waals surface area (Å²) in [6.07, 6.45) is 0. The summed E-state index contributed by atoms with van der Waals surface area (Å²) in [6.45, 7) is 9.25. The molecule has 1 N–H and O–H groups in total. The molecule has 3 nitrogen and oxygen atoms in total. The molecule has 0 fully saturated rings. The van der Waals surface area contributed by atoms with Crippen molar-refractivity contribution in [3.63, 3.8) is 0 Å². The van der Waals surface area contributed by atoms with Crippen molar-refractivity contribution in [2.75, 3.05) is 14.2 Å². The van der Waals surface area contributed by atoms with E-state index in [2.05, 4.69) is 38.2 Å². The van der Waals surface area contributed by atoms with E-state index >= 15 is 0 Å². The van der Waals surface area contributed by atoms with E-state index < -0.39 is 0 Å². The van der Waals surface area contributed by atoms with E-state index in [9.17, 15) is 0 Å². The summed E-state index contributed by atoms with van der Waals surface area (Å²) >= 11 is 0. The van der Waals surface area contributed by atoms with Crippen LogP contribution in [0.4, 0.5) is 0 Å². The zero-order valence-electron chi connectivity index (χ0n) is 11.7. The van der Waals surface area contributed by atoms with E-state index in [4.69, 9.17) is 9.47 Å². The van der Waals surface area contributed by atoms with E-state index in [0.29, 0.717) is 0 Å². The molecule has 0 saturated heterocycles. The molecule has 0 saturated carbocycles. The molecule has 0 aliphatic rings. The highest BCUT2D eigenvalue weighted by molar-refractivity contribution is 5.47. The van der Waals surface area contributed by atoms with E-state index in [1.165, 1.54) is 5.56 Å². The fourth-order valence-corrected chi connectivity index (χ4v) is 1.61. The Hall–Kier alpha value is -1.22. The third-order valence-electron chi connectivity index (χ3n) is 2.63. The van der Waals surface area contributed by atoms with Crippen LogP contribution in [-0.4, -0.2) is 19.8 Å². The molecule has 1 rings (SSSR count). The molecule has 0 aliphatic carbocycles. The number of hydrogen-bond acceptors (Lipinski definition) is 3. The summed E-state index contributed by atoms with van der Waals surface area (Å²) in [5.41, 5.74) is 2.31. The van der Waals surface area contributed by atoms with Crippen molar-refractivity contribution in [1.29, 1.82) is 0 Å². The monoisotopic (exact) mass is 237 g/mol. The van der Waals surface area contributed by atoms with E-state index in [0.717, 1.165) is 23.6 Å². The number of hydrogen-bond donors (Lipinski definition) is 1. The average Bonchev–Trinajstić information content (AvgIpc) is 2.26. The van der Waals surface area contributed by atoms with Gasteiger partial charge in [0.05, 0.1) is 14.2 Å². The first kappa shape index (κ1) is 13.8. The fourth-order valence-electron chi connectivity index (χ4n) is 1.61. The predicted molar refractivity (Wildman–Crippen MR) is 70.9 cm³/mol. The van der Waals surface area contributed by atoms with Gasteiger partial charge < -0.3 is 14.8 Å². The van der Waals surface area contributed by atoms with Crippen LogP contribution in [0.15, 0.2) is 12.1 Å². The van der Waals surface area contributed by atoms with Crippen LogP contribution in [0.2, 0.25) is 0 Å². The van der Waals surface area contributed by atoms with Gasteiger partial charge in [-0.1, -0.05) is 0 Å². The average molecular weight is 237 g/mol. The molecule has 3 heteroatoms. The SMILES string of the molecule is COc1cc(CNC(C)(C)C)cc(OC)c1C. The molecule has 1 aromatic carbocycles. The van der Waals surface area contributed by atoms with E-state index in [1.54, 1.807) is 14.2 Å². The van der Waals surface area contributed by atoms with Gasteiger partial charge in [-0.05, 0) is 45.4 Å². The predicted octanol–water partition coefficient (Wildman–Crippen LogP) is 2.90. The zero-order valence-corrected chi connectivity index (χ0v) is 11.7. The highest BCUT2D eigenvalue weighted by Gasteiger charge is 2.11. The van der Waals surface area contributed by atoms with Crippen LogP contribution >= 0.6 is 0 Å². The fraction of sp³-hybridized carbons (Fsp3) is 0.571. The molecule has 0 amide bonds. The van der Waals surface area contributed by atoms with Gasteiger partial charge in [-0.25, -0.2) is 0 Å². The molecule has 0 atom stereocenters. The molecule has 0 unspecified atom stereocenters. The molecule has 0 spiro atoms. The second-order valence-electron chi connectivity index (χ2n) is 5.23. The van der Waals surface area contributed by atoms with Crippen LogP contribution in [-0.2, 0) is 6.54 Å². The van der Waals surface area contributed by atoms with Gasteiger partial charge in [-0.2, -0.15) is 0 Å². The normalized spacial score (nSPS) is 11.4. The number of rotatable bonds is 4. The highest BCUT2D eigenvalue weighted by atomic mass is 16.5. The first-order valence-electron chi connectivity index (χ1n) is 5.84. The number of benzene rings is 1. The van der Waals surface area contributed by atoms with Gasteiger partial charge >= 0.3 is 0 Å². The van der Waals surface area contributed by atoms with Crippen LogP contribution in [0.25, 0.3) is 0 Å². The third-order valence-corrected chi connectivity index (χ3v) is 2.63. The summed E-state index contributed by atoms with van der Waals surface area (Å²) in [4.78, 5) is 0. The maximum Gasteiger partial charge on any atom is 0.125 e. The molecular weight excluding hydrogens is 214 g/mol. The molecule has 0 radical (unpaired) electrons. The van der Waals surface area contributed by atoms with Gasteiger partial charge in [0.2, 0.25) is 0 Å². The maximum absolute atomic E-state index is 5.35. The Morgan fingerprint density at radius 2 is 1.53 bits per heavy atom. The van der Waals surface area contributed by atoms with Crippen molar-refractivity contribution in [3.8, 4) is 11.5 Å². The largest absolute Gasteiger partial charge is 0.496 e. The van der Waals surface area contributed by atoms with Gasteiger partial charge in [0.1, 0.15) is 11.5 Å². The Balaban J connectivity index is 2.93. The van der Waals surface area contributed by atoms with Crippen LogP contribution in [0.3, 0.4) is 0 Å². The van der Waals surface area contributed by atoms with E-state index in [1.807, 2.05) is 6.92 Å². The van der Waals surface area contributed by atoms with Crippen molar-refractivity contribution < 1.29 is 9.47 Å². The Bertz CT molecular complexity index is 355. The smallest absolute Gasteiger partial charge is 0.125 e. The van der Waals surface area contributed by atoms with Gasteiger partial charge in [-0.15, -0.1) is 0 Å². The van der Waals surface area contributed by atoms with Crippen LogP contribution in [0.1, 0.15) is 31.9 Å². The number of nitrogens with one attached hydrogen (secondary N) is 1. The maximum atomic E-state index is 5.35.